The van der Waals surface area contributed by atoms with Gasteiger partial charge in [0.1, 0.15) is 10.8 Å². The molecule has 1 N–H and O–H groups in total. The molecule has 1 aliphatic rings. The molecule has 60 valence electrons. The molecular formula is C7H6N4S. The second-order valence-corrected chi connectivity index (χ2v) is 3.50. The number of fused-ring (bicyclic) bond motifs is 1. The molecule has 3 rings (SSSR count). The summed E-state index contributed by atoms with van der Waals surface area (Å²) >= 11 is 1.64. The minimum absolute atomic E-state index is 0.162. The fraction of sp³-hybridized carbons (Fsp3) is 0.143. The summed E-state index contributed by atoms with van der Waals surface area (Å²) in [5, 5.41) is 10.4. The molecule has 1 unspecified atom stereocenters. The molecule has 0 bridgehead atoms. The summed E-state index contributed by atoms with van der Waals surface area (Å²) in [7, 11) is 0. The van der Waals surface area contributed by atoms with Crippen molar-refractivity contribution in [1.82, 2.24) is 14.8 Å². The minimum atomic E-state index is 0.162. The van der Waals surface area contributed by atoms with Crippen molar-refractivity contribution in [3.8, 4) is 0 Å². The summed E-state index contributed by atoms with van der Waals surface area (Å²) in [6, 6.07) is 1.95. The van der Waals surface area contributed by atoms with Gasteiger partial charge < -0.3 is 5.32 Å². The molecule has 2 aromatic heterocycles. The number of hydrogen-bond acceptors (Lipinski definition) is 4. The largest absolute Gasteiger partial charge is 0.343 e. The smallest absolute Gasteiger partial charge is 0.176 e. The molecular weight excluding hydrogens is 172 g/mol. The highest BCUT2D eigenvalue weighted by Crippen LogP contribution is 2.32. The fourth-order valence-electron chi connectivity index (χ4n) is 1.31. The van der Waals surface area contributed by atoms with Crippen molar-refractivity contribution in [3.05, 3.63) is 28.8 Å². The van der Waals surface area contributed by atoms with Crippen LogP contribution >= 0.6 is 11.3 Å². The van der Waals surface area contributed by atoms with Gasteiger partial charge in [-0.1, -0.05) is 0 Å². The number of rotatable bonds is 1. The first-order valence-electron chi connectivity index (χ1n) is 3.64. The average Bonchev–Trinajstić information content (AvgIpc) is 2.62. The van der Waals surface area contributed by atoms with Gasteiger partial charge in [0, 0.05) is 17.6 Å². The number of anilines is 1. The summed E-state index contributed by atoms with van der Waals surface area (Å²) in [6.45, 7) is 0. The number of thiazole rings is 1. The average molecular weight is 178 g/mol. The highest BCUT2D eigenvalue weighted by molar-refractivity contribution is 7.09. The standard InChI is InChI=1S/C7H6N4S/c1-2-9-11-5(1)10-6(11)7-8-3-4-12-7/h1-4,6,10H. The van der Waals surface area contributed by atoms with E-state index < -0.39 is 0 Å². The van der Waals surface area contributed by atoms with E-state index in [0.717, 1.165) is 10.8 Å². The molecule has 0 radical (unpaired) electrons. The zero-order valence-electron chi connectivity index (χ0n) is 6.14. The van der Waals surface area contributed by atoms with E-state index in [2.05, 4.69) is 15.4 Å². The summed E-state index contributed by atoms with van der Waals surface area (Å²) in [5.74, 6) is 1.07. The van der Waals surface area contributed by atoms with Crippen molar-refractivity contribution >= 4 is 17.2 Å². The summed E-state index contributed by atoms with van der Waals surface area (Å²) in [6.07, 6.45) is 3.76. The highest BCUT2D eigenvalue weighted by atomic mass is 32.1. The number of nitrogens with one attached hydrogen (secondary N) is 1. The van der Waals surface area contributed by atoms with Gasteiger partial charge in [-0.15, -0.1) is 11.3 Å². The van der Waals surface area contributed by atoms with Crippen molar-refractivity contribution < 1.29 is 0 Å². The van der Waals surface area contributed by atoms with Crippen LogP contribution in [-0.2, 0) is 0 Å². The van der Waals surface area contributed by atoms with Gasteiger partial charge in [0.15, 0.2) is 6.17 Å². The van der Waals surface area contributed by atoms with Gasteiger partial charge in [-0.05, 0) is 0 Å². The molecule has 0 saturated carbocycles. The second-order valence-electron chi connectivity index (χ2n) is 2.58. The molecule has 0 aromatic carbocycles. The number of hydrogen-bond donors (Lipinski definition) is 1. The fourth-order valence-corrected chi connectivity index (χ4v) is 1.98. The first-order chi connectivity index (χ1) is 5.95. The van der Waals surface area contributed by atoms with Gasteiger partial charge in [-0.25, -0.2) is 9.67 Å². The molecule has 0 spiro atoms. The second kappa shape index (κ2) is 2.07. The molecule has 1 aliphatic heterocycles. The zero-order chi connectivity index (χ0) is 7.97. The van der Waals surface area contributed by atoms with Gasteiger partial charge in [0.05, 0.1) is 6.20 Å². The van der Waals surface area contributed by atoms with Crippen LogP contribution in [0.25, 0.3) is 0 Å². The first kappa shape index (κ1) is 6.19. The Hall–Kier alpha value is -1.36. The molecule has 0 amide bonds. The van der Waals surface area contributed by atoms with Crippen LogP contribution in [0.2, 0.25) is 0 Å². The van der Waals surface area contributed by atoms with Crippen LogP contribution in [0.3, 0.4) is 0 Å². The molecule has 12 heavy (non-hydrogen) atoms. The quantitative estimate of drug-likeness (QED) is 0.716. The van der Waals surface area contributed by atoms with Crippen molar-refractivity contribution in [2.75, 3.05) is 5.32 Å². The molecule has 0 fully saturated rings. The topological polar surface area (TPSA) is 42.7 Å². The zero-order valence-corrected chi connectivity index (χ0v) is 6.95. The van der Waals surface area contributed by atoms with E-state index in [1.165, 1.54) is 0 Å². The van der Waals surface area contributed by atoms with Gasteiger partial charge in [0.2, 0.25) is 0 Å². The number of aromatic nitrogens is 3. The van der Waals surface area contributed by atoms with E-state index in [9.17, 15) is 0 Å². The third kappa shape index (κ3) is 0.660. The number of nitrogens with zero attached hydrogens (tertiary/aromatic N) is 3. The molecule has 4 nitrogen and oxygen atoms in total. The lowest BCUT2D eigenvalue weighted by Gasteiger charge is -2.28. The third-order valence-electron chi connectivity index (χ3n) is 1.88. The Morgan fingerprint density at radius 3 is 3.25 bits per heavy atom. The van der Waals surface area contributed by atoms with E-state index in [1.54, 1.807) is 17.5 Å². The summed E-state index contributed by atoms with van der Waals surface area (Å²) < 4.78 is 1.93. The summed E-state index contributed by atoms with van der Waals surface area (Å²) in [5.41, 5.74) is 0. The lowest BCUT2D eigenvalue weighted by molar-refractivity contribution is 0.512. The van der Waals surface area contributed by atoms with Gasteiger partial charge in [-0.2, -0.15) is 5.10 Å². The molecule has 2 aromatic rings. The molecule has 0 saturated heterocycles. The molecule has 5 heteroatoms. The predicted octanol–water partition coefficient (Wildman–Crippen LogP) is 1.31. The van der Waals surface area contributed by atoms with Crippen molar-refractivity contribution in [2.24, 2.45) is 0 Å². The normalized spacial score (nSPS) is 19.5. The lowest BCUT2D eigenvalue weighted by atomic mass is 10.4. The molecule has 3 heterocycles. The van der Waals surface area contributed by atoms with Crippen LogP contribution in [0.15, 0.2) is 23.8 Å². The van der Waals surface area contributed by atoms with Crippen molar-refractivity contribution in [3.63, 3.8) is 0 Å². The van der Waals surface area contributed by atoms with Gasteiger partial charge >= 0.3 is 0 Å². The van der Waals surface area contributed by atoms with E-state index in [1.807, 2.05) is 22.3 Å². The summed E-state index contributed by atoms with van der Waals surface area (Å²) in [4.78, 5) is 4.21. The maximum absolute atomic E-state index is 4.21. The lowest BCUT2D eigenvalue weighted by Crippen LogP contribution is -2.31. The maximum Gasteiger partial charge on any atom is 0.176 e. The van der Waals surface area contributed by atoms with Crippen LogP contribution < -0.4 is 5.32 Å². The van der Waals surface area contributed by atoms with Crippen LogP contribution in [0.1, 0.15) is 11.2 Å². The van der Waals surface area contributed by atoms with Gasteiger partial charge in [-0.3, -0.25) is 0 Å². The Morgan fingerprint density at radius 2 is 2.50 bits per heavy atom. The first-order valence-corrected chi connectivity index (χ1v) is 4.52. The van der Waals surface area contributed by atoms with Crippen LogP contribution in [0.5, 0.6) is 0 Å². The van der Waals surface area contributed by atoms with E-state index in [4.69, 9.17) is 0 Å². The van der Waals surface area contributed by atoms with E-state index in [0.29, 0.717) is 0 Å². The third-order valence-corrected chi connectivity index (χ3v) is 2.71. The Balaban J connectivity index is 2.02. The SMILES string of the molecule is c1csc(C2Nc3ccnn32)n1. The Bertz CT molecular complexity index is 391. The Labute approximate surface area is 72.9 Å². The van der Waals surface area contributed by atoms with E-state index in [-0.39, 0.29) is 6.17 Å². The Kier molecular flexibility index (Phi) is 1.07. The van der Waals surface area contributed by atoms with Crippen LogP contribution in [0.4, 0.5) is 5.82 Å². The van der Waals surface area contributed by atoms with Crippen molar-refractivity contribution in [1.29, 1.82) is 0 Å². The van der Waals surface area contributed by atoms with E-state index >= 15 is 0 Å². The Morgan fingerprint density at radius 1 is 1.50 bits per heavy atom. The minimum Gasteiger partial charge on any atom is -0.343 e. The monoisotopic (exact) mass is 178 g/mol. The van der Waals surface area contributed by atoms with Gasteiger partial charge in [0.25, 0.3) is 0 Å². The molecule has 1 atom stereocenters. The predicted molar refractivity (Wildman–Crippen MR) is 46.1 cm³/mol. The van der Waals surface area contributed by atoms with Crippen molar-refractivity contribution in [2.45, 2.75) is 6.17 Å². The maximum atomic E-state index is 4.21. The van der Waals surface area contributed by atoms with Crippen LogP contribution in [-0.4, -0.2) is 14.8 Å². The van der Waals surface area contributed by atoms with Crippen LogP contribution in [0, 0.1) is 0 Å². The molecule has 0 aliphatic carbocycles. The highest BCUT2D eigenvalue weighted by Gasteiger charge is 2.28.